The predicted octanol–water partition coefficient (Wildman–Crippen LogP) is 2.90. The van der Waals surface area contributed by atoms with Gasteiger partial charge in [-0.2, -0.15) is 11.3 Å². The Balaban J connectivity index is 1.68. The summed E-state index contributed by atoms with van der Waals surface area (Å²) >= 11 is 3.00. The van der Waals surface area contributed by atoms with E-state index in [1.54, 1.807) is 17.5 Å². The van der Waals surface area contributed by atoms with Gasteiger partial charge in [-0.1, -0.05) is 12.8 Å². The normalized spacial score (nSPS) is 22.6. The van der Waals surface area contributed by atoms with Gasteiger partial charge in [0.1, 0.15) is 9.88 Å². The third kappa shape index (κ3) is 2.92. The van der Waals surface area contributed by atoms with E-state index in [1.807, 2.05) is 16.8 Å². The molecular weight excluding hydrogens is 292 g/mol. The lowest BCUT2D eigenvalue weighted by Crippen LogP contribution is -2.44. The Morgan fingerprint density at radius 1 is 1.40 bits per heavy atom. The van der Waals surface area contributed by atoms with Gasteiger partial charge in [0.2, 0.25) is 0 Å². The Bertz CT molecular complexity index is 580. The van der Waals surface area contributed by atoms with Crippen LogP contribution in [0.15, 0.2) is 23.0 Å². The first-order valence-electron chi connectivity index (χ1n) is 6.71. The number of carbonyl (C=O) groups excluding carboxylic acids is 1. The van der Waals surface area contributed by atoms with E-state index in [4.69, 9.17) is 0 Å². The summed E-state index contributed by atoms with van der Waals surface area (Å²) < 4.78 is 0. The fourth-order valence-corrected chi connectivity index (χ4v) is 3.95. The van der Waals surface area contributed by atoms with E-state index in [1.165, 1.54) is 11.3 Å². The molecule has 2 aromatic heterocycles. The second kappa shape index (κ2) is 6.03. The van der Waals surface area contributed by atoms with E-state index in [9.17, 15) is 9.90 Å². The van der Waals surface area contributed by atoms with Crippen LogP contribution < -0.4 is 5.32 Å². The Morgan fingerprint density at radius 3 is 3.00 bits per heavy atom. The molecule has 1 amide bonds. The SMILES string of the molecule is O=C(NC1CCCCC1O)c1cnc(-c2ccsc2)s1. The van der Waals surface area contributed by atoms with Crippen LogP contribution >= 0.6 is 22.7 Å². The summed E-state index contributed by atoms with van der Waals surface area (Å²) in [5.74, 6) is -0.130. The lowest BCUT2D eigenvalue weighted by Gasteiger charge is -2.28. The van der Waals surface area contributed by atoms with Gasteiger partial charge in [0.25, 0.3) is 5.91 Å². The topological polar surface area (TPSA) is 62.2 Å². The molecule has 0 aliphatic heterocycles. The predicted molar refractivity (Wildman–Crippen MR) is 81.2 cm³/mol. The van der Waals surface area contributed by atoms with Crippen LogP contribution in [0.2, 0.25) is 0 Å². The third-order valence-electron chi connectivity index (χ3n) is 3.54. The maximum absolute atomic E-state index is 12.2. The van der Waals surface area contributed by atoms with Crippen LogP contribution in [0.4, 0.5) is 0 Å². The number of hydrogen-bond donors (Lipinski definition) is 2. The highest BCUT2D eigenvalue weighted by atomic mass is 32.1. The standard InChI is InChI=1S/C14H16N2O2S2/c17-11-4-2-1-3-10(11)16-13(18)12-7-15-14(20-12)9-5-6-19-8-9/h5-8,10-11,17H,1-4H2,(H,16,18). The first-order chi connectivity index (χ1) is 9.74. The molecule has 2 heterocycles. The van der Waals surface area contributed by atoms with Crippen molar-refractivity contribution in [3.05, 3.63) is 27.9 Å². The molecule has 1 aliphatic rings. The number of amides is 1. The molecule has 2 unspecified atom stereocenters. The summed E-state index contributed by atoms with van der Waals surface area (Å²) in [5.41, 5.74) is 1.05. The summed E-state index contributed by atoms with van der Waals surface area (Å²) in [4.78, 5) is 17.1. The number of thiazole rings is 1. The number of hydrogen-bond acceptors (Lipinski definition) is 5. The first kappa shape index (κ1) is 13.7. The molecule has 0 aromatic carbocycles. The van der Waals surface area contributed by atoms with Gasteiger partial charge in [-0.05, 0) is 24.3 Å². The van der Waals surface area contributed by atoms with E-state index in [-0.39, 0.29) is 11.9 Å². The zero-order valence-corrected chi connectivity index (χ0v) is 12.5. The molecule has 6 heteroatoms. The highest BCUT2D eigenvalue weighted by Gasteiger charge is 2.25. The van der Waals surface area contributed by atoms with Gasteiger partial charge in [0.05, 0.1) is 18.3 Å². The average Bonchev–Trinajstić information content (AvgIpc) is 3.11. The Morgan fingerprint density at radius 2 is 2.25 bits per heavy atom. The molecular formula is C14H16N2O2S2. The molecule has 0 saturated heterocycles. The van der Waals surface area contributed by atoms with E-state index in [0.717, 1.165) is 36.3 Å². The highest BCUT2D eigenvalue weighted by Crippen LogP contribution is 2.27. The second-order valence-corrected chi connectivity index (χ2v) is 6.78. The fourth-order valence-electron chi connectivity index (χ4n) is 2.42. The molecule has 4 nitrogen and oxygen atoms in total. The molecule has 1 saturated carbocycles. The number of rotatable bonds is 3. The Hall–Kier alpha value is -1.24. The lowest BCUT2D eigenvalue weighted by molar-refractivity contribution is 0.0720. The molecule has 0 radical (unpaired) electrons. The minimum Gasteiger partial charge on any atom is -0.391 e. The van der Waals surface area contributed by atoms with Crippen LogP contribution in [0.25, 0.3) is 10.6 Å². The number of carbonyl (C=O) groups is 1. The number of aromatic nitrogens is 1. The summed E-state index contributed by atoms with van der Waals surface area (Å²) in [6.45, 7) is 0. The monoisotopic (exact) mass is 308 g/mol. The van der Waals surface area contributed by atoms with Crippen LogP contribution in [0.5, 0.6) is 0 Å². The molecule has 106 valence electrons. The van der Waals surface area contributed by atoms with Crippen LogP contribution in [0.3, 0.4) is 0 Å². The van der Waals surface area contributed by atoms with Gasteiger partial charge in [0, 0.05) is 10.9 Å². The number of nitrogens with zero attached hydrogens (tertiary/aromatic N) is 1. The van der Waals surface area contributed by atoms with Crippen molar-refractivity contribution in [1.82, 2.24) is 10.3 Å². The van der Waals surface area contributed by atoms with Gasteiger partial charge < -0.3 is 10.4 Å². The second-order valence-electron chi connectivity index (χ2n) is 4.97. The Labute approximate surface area is 125 Å². The number of nitrogens with one attached hydrogen (secondary N) is 1. The average molecular weight is 308 g/mol. The number of thiophene rings is 1. The molecule has 0 spiro atoms. The zero-order chi connectivity index (χ0) is 13.9. The van der Waals surface area contributed by atoms with E-state index >= 15 is 0 Å². The number of aliphatic hydroxyl groups is 1. The van der Waals surface area contributed by atoms with Crippen LogP contribution in [-0.2, 0) is 0 Å². The van der Waals surface area contributed by atoms with Gasteiger partial charge in [-0.15, -0.1) is 11.3 Å². The molecule has 0 bridgehead atoms. The van der Waals surface area contributed by atoms with E-state index in [0.29, 0.717) is 4.88 Å². The van der Waals surface area contributed by atoms with Gasteiger partial charge in [-0.25, -0.2) is 4.98 Å². The molecule has 2 aromatic rings. The van der Waals surface area contributed by atoms with Crippen molar-refractivity contribution in [1.29, 1.82) is 0 Å². The largest absolute Gasteiger partial charge is 0.391 e. The molecule has 2 N–H and O–H groups in total. The van der Waals surface area contributed by atoms with Crippen molar-refractivity contribution < 1.29 is 9.90 Å². The maximum Gasteiger partial charge on any atom is 0.263 e. The van der Waals surface area contributed by atoms with Crippen molar-refractivity contribution >= 4 is 28.6 Å². The minimum absolute atomic E-state index is 0.122. The lowest BCUT2D eigenvalue weighted by atomic mass is 9.92. The highest BCUT2D eigenvalue weighted by molar-refractivity contribution is 7.17. The van der Waals surface area contributed by atoms with Crippen molar-refractivity contribution in [2.75, 3.05) is 0 Å². The fraction of sp³-hybridized carbons (Fsp3) is 0.429. The summed E-state index contributed by atoms with van der Waals surface area (Å²) in [5, 5.41) is 17.7. The maximum atomic E-state index is 12.2. The van der Waals surface area contributed by atoms with E-state index < -0.39 is 6.10 Å². The van der Waals surface area contributed by atoms with Crippen molar-refractivity contribution in [3.8, 4) is 10.6 Å². The van der Waals surface area contributed by atoms with E-state index in [2.05, 4.69) is 10.3 Å². The quantitative estimate of drug-likeness (QED) is 0.916. The smallest absolute Gasteiger partial charge is 0.263 e. The molecule has 1 fully saturated rings. The zero-order valence-electron chi connectivity index (χ0n) is 10.9. The third-order valence-corrected chi connectivity index (χ3v) is 5.27. The first-order valence-corrected chi connectivity index (χ1v) is 8.47. The van der Waals surface area contributed by atoms with Gasteiger partial charge in [-0.3, -0.25) is 4.79 Å². The van der Waals surface area contributed by atoms with Crippen molar-refractivity contribution in [3.63, 3.8) is 0 Å². The van der Waals surface area contributed by atoms with Crippen molar-refractivity contribution in [2.24, 2.45) is 0 Å². The minimum atomic E-state index is -0.419. The molecule has 3 rings (SSSR count). The number of aliphatic hydroxyl groups excluding tert-OH is 1. The summed E-state index contributed by atoms with van der Waals surface area (Å²) in [6, 6.07) is 1.87. The Kier molecular flexibility index (Phi) is 4.14. The van der Waals surface area contributed by atoms with Gasteiger partial charge in [0.15, 0.2) is 0 Å². The molecule has 2 atom stereocenters. The van der Waals surface area contributed by atoms with Crippen LogP contribution in [-0.4, -0.2) is 28.1 Å². The van der Waals surface area contributed by atoms with Crippen LogP contribution in [0, 0.1) is 0 Å². The molecule has 20 heavy (non-hydrogen) atoms. The van der Waals surface area contributed by atoms with Crippen LogP contribution in [0.1, 0.15) is 35.4 Å². The van der Waals surface area contributed by atoms with Crippen molar-refractivity contribution in [2.45, 2.75) is 37.8 Å². The summed E-state index contributed by atoms with van der Waals surface area (Å²) in [7, 11) is 0. The summed E-state index contributed by atoms with van der Waals surface area (Å²) in [6.07, 6.45) is 4.91. The van der Waals surface area contributed by atoms with Gasteiger partial charge >= 0.3 is 0 Å². The molecule has 1 aliphatic carbocycles.